The van der Waals surface area contributed by atoms with Crippen molar-refractivity contribution in [2.75, 3.05) is 51.3 Å². The summed E-state index contributed by atoms with van der Waals surface area (Å²) in [6, 6.07) is 7.61. The summed E-state index contributed by atoms with van der Waals surface area (Å²) in [4.78, 5) is 16.5. The summed E-state index contributed by atoms with van der Waals surface area (Å²) in [5.41, 5.74) is 5.51. The highest BCUT2D eigenvalue weighted by Crippen LogP contribution is 2.77. The predicted molar refractivity (Wildman–Crippen MR) is 208 cm³/mol. The van der Waals surface area contributed by atoms with Crippen LogP contribution >= 0.6 is 0 Å². The molecule has 5 aliphatic carbocycles. The van der Waals surface area contributed by atoms with E-state index in [0.29, 0.717) is 76.0 Å². The zero-order valence-electron chi connectivity index (χ0n) is 32.8. The van der Waals surface area contributed by atoms with Crippen LogP contribution in [-0.2, 0) is 9.84 Å². The maximum Gasteiger partial charge on any atom is 0.335 e. The fourth-order valence-electron chi connectivity index (χ4n) is 14.4. The highest BCUT2D eigenvalue weighted by molar-refractivity contribution is 7.91. The number of carboxylic acid groups (broad SMARTS) is 1. The Balaban J connectivity index is 1.13. The molecule has 4 saturated carbocycles. The first kappa shape index (κ1) is 37.4. The van der Waals surface area contributed by atoms with E-state index in [9.17, 15) is 18.3 Å². The SMILES string of the molecule is C=C(C)C1CCC2(CN(C)CCN3CCS(=O)(=O)CC3)CCC3(C)C(CCC4C5(C)CC=C(c6ccc(C(=O)O)cc6)C(C)(C)C5CCC43C)C12. The van der Waals surface area contributed by atoms with E-state index in [0.717, 1.165) is 26.1 Å². The summed E-state index contributed by atoms with van der Waals surface area (Å²) in [5.74, 6) is 3.03. The standard InChI is InChI=1S/C44H66N2O4S/c1-30(2)33-15-20-44(29-45(8)23-24-46-25-27-51(49,50)28-26-46)22-21-42(6)35(38(33)44)13-14-37-41(5)18-16-34(31-9-11-32(12-10-31)39(47)48)40(3,4)36(41)17-19-43(37,42)7/h9-12,16,33,35-38H,1,13-15,17-29H2,2-8H3,(H,47,48). The lowest BCUT2D eigenvalue weighted by molar-refractivity contribution is -0.226. The van der Waals surface area contributed by atoms with E-state index in [2.05, 4.69) is 71.0 Å². The Labute approximate surface area is 309 Å². The largest absolute Gasteiger partial charge is 0.478 e. The molecule has 9 atom stereocenters. The number of sulfone groups is 1. The van der Waals surface area contributed by atoms with Crippen LogP contribution in [0, 0.1) is 56.7 Å². The predicted octanol–water partition coefficient (Wildman–Crippen LogP) is 8.70. The van der Waals surface area contributed by atoms with Crippen LogP contribution < -0.4 is 0 Å². The Kier molecular flexibility index (Phi) is 9.40. The molecule has 6 aliphatic rings. The fraction of sp³-hybridized carbons (Fsp3) is 0.750. The number of nitrogens with zero attached hydrogens (tertiary/aromatic N) is 2. The molecule has 7 rings (SSSR count). The van der Waals surface area contributed by atoms with Crippen molar-refractivity contribution in [2.24, 2.45) is 56.7 Å². The van der Waals surface area contributed by atoms with Crippen molar-refractivity contribution in [3.05, 3.63) is 53.6 Å². The first-order valence-corrected chi connectivity index (χ1v) is 22.0. The van der Waals surface area contributed by atoms with Gasteiger partial charge in [0, 0.05) is 32.7 Å². The molecular formula is C44H66N2O4S. The molecule has 0 spiro atoms. The number of aromatic carboxylic acids is 1. The maximum absolute atomic E-state index is 12.0. The van der Waals surface area contributed by atoms with Gasteiger partial charge < -0.3 is 14.9 Å². The molecule has 0 radical (unpaired) electrons. The van der Waals surface area contributed by atoms with Gasteiger partial charge in [-0.1, -0.05) is 65.0 Å². The molecule has 1 saturated heterocycles. The minimum Gasteiger partial charge on any atom is -0.478 e. The van der Waals surface area contributed by atoms with Gasteiger partial charge in [-0.05, 0) is 152 Å². The van der Waals surface area contributed by atoms with Crippen molar-refractivity contribution in [1.82, 2.24) is 9.80 Å². The van der Waals surface area contributed by atoms with Crippen LogP contribution in [0.15, 0.2) is 42.5 Å². The molecule has 7 heteroatoms. The van der Waals surface area contributed by atoms with Gasteiger partial charge in [0.2, 0.25) is 0 Å². The van der Waals surface area contributed by atoms with Crippen molar-refractivity contribution in [2.45, 2.75) is 99.3 Å². The van der Waals surface area contributed by atoms with Gasteiger partial charge in [-0.2, -0.15) is 0 Å². The van der Waals surface area contributed by atoms with Crippen molar-refractivity contribution in [1.29, 1.82) is 0 Å². The van der Waals surface area contributed by atoms with E-state index in [4.69, 9.17) is 0 Å². The lowest BCUT2D eigenvalue weighted by Crippen LogP contribution is -2.66. The van der Waals surface area contributed by atoms with Gasteiger partial charge in [-0.3, -0.25) is 0 Å². The van der Waals surface area contributed by atoms with Crippen molar-refractivity contribution in [3.63, 3.8) is 0 Å². The maximum atomic E-state index is 12.0. The number of hydrogen-bond acceptors (Lipinski definition) is 5. The second-order valence-electron chi connectivity index (χ2n) is 19.7. The first-order chi connectivity index (χ1) is 23.9. The van der Waals surface area contributed by atoms with Crippen LogP contribution in [0.3, 0.4) is 0 Å². The lowest BCUT2D eigenvalue weighted by atomic mass is 9.32. The average molecular weight is 719 g/mol. The average Bonchev–Trinajstić information content (AvgIpc) is 3.44. The van der Waals surface area contributed by atoms with Crippen LogP contribution in [0.2, 0.25) is 0 Å². The minimum atomic E-state index is -2.85. The molecule has 51 heavy (non-hydrogen) atoms. The smallest absolute Gasteiger partial charge is 0.335 e. The van der Waals surface area contributed by atoms with Crippen molar-refractivity contribution >= 4 is 21.4 Å². The molecule has 1 aliphatic heterocycles. The van der Waals surface area contributed by atoms with E-state index in [1.165, 1.54) is 68.1 Å². The van der Waals surface area contributed by atoms with Crippen molar-refractivity contribution < 1.29 is 18.3 Å². The third kappa shape index (κ3) is 5.93. The molecule has 282 valence electrons. The van der Waals surface area contributed by atoms with Gasteiger partial charge in [0.05, 0.1) is 17.1 Å². The topological polar surface area (TPSA) is 77.9 Å². The molecule has 1 aromatic carbocycles. The van der Waals surface area contributed by atoms with Gasteiger partial charge in [-0.15, -0.1) is 0 Å². The summed E-state index contributed by atoms with van der Waals surface area (Å²) in [6.07, 6.45) is 14.1. The van der Waals surface area contributed by atoms with Crippen LogP contribution in [0.4, 0.5) is 0 Å². The number of likely N-dealkylation sites (N-methyl/N-ethyl adjacent to an activating group) is 1. The Bertz CT molecular complexity index is 1670. The first-order valence-electron chi connectivity index (χ1n) is 20.2. The third-order valence-corrected chi connectivity index (χ3v) is 18.7. The van der Waals surface area contributed by atoms with E-state index in [1.807, 2.05) is 12.1 Å². The molecule has 1 N–H and O–H groups in total. The number of hydrogen-bond donors (Lipinski definition) is 1. The van der Waals surface area contributed by atoms with E-state index in [1.54, 1.807) is 12.1 Å². The molecule has 1 heterocycles. The monoisotopic (exact) mass is 718 g/mol. The molecule has 0 aromatic heterocycles. The highest BCUT2D eigenvalue weighted by atomic mass is 32.2. The zero-order chi connectivity index (χ0) is 36.8. The summed E-state index contributed by atoms with van der Waals surface area (Å²) in [5, 5.41) is 9.50. The van der Waals surface area contributed by atoms with Gasteiger partial charge in [-0.25, -0.2) is 13.2 Å². The summed E-state index contributed by atoms with van der Waals surface area (Å²) in [7, 11) is -0.531. The summed E-state index contributed by atoms with van der Waals surface area (Å²) in [6.45, 7) is 24.4. The van der Waals surface area contributed by atoms with Gasteiger partial charge >= 0.3 is 5.97 Å². The molecule has 5 fully saturated rings. The number of rotatable bonds is 8. The summed E-state index contributed by atoms with van der Waals surface area (Å²) >= 11 is 0. The molecule has 9 unspecified atom stereocenters. The minimum absolute atomic E-state index is 0.0160. The molecular weight excluding hydrogens is 653 g/mol. The van der Waals surface area contributed by atoms with E-state index < -0.39 is 15.8 Å². The van der Waals surface area contributed by atoms with Crippen LogP contribution in [0.25, 0.3) is 5.57 Å². The van der Waals surface area contributed by atoms with Crippen molar-refractivity contribution in [3.8, 4) is 0 Å². The lowest BCUT2D eigenvalue weighted by Gasteiger charge is -2.72. The molecule has 0 amide bonds. The second-order valence-corrected chi connectivity index (χ2v) is 22.0. The van der Waals surface area contributed by atoms with Gasteiger partial charge in [0.1, 0.15) is 0 Å². The number of benzene rings is 1. The normalized spacial score (nSPS) is 41.5. The Morgan fingerprint density at radius 2 is 1.61 bits per heavy atom. The Morgan fingerprint density at radius 1 is 0.922 bits per heavy atom. The Hall–Kier alpha value is -1.96. The molecule has 1 aromatic rings. The van der Waals surface area contributed by atoms with Gasteiger partial charge in [0.25, 0.3) is 0 Å². The number of carboxylic acids is 1. The number of fused-ring (bicyclic) bond motifs is 7. The molecule has 0 bridgehead atoms. The number of carbonyl (C=O) groups is 1. The fourth-order valence-corrected chi connectivity index (χ4v) is 15.6. The van der Waals surface area contributed by atoms with Gasteiger partial charge in [0.15, 0.2) is 9.84 Å². The summed E-state index contributed by atoms with van der Waals surface area (Å²) < 4.78 is 24.0. The highest BCUT2D eigenvalue weighted by Gasteiger charge is 2.70. The number of allylic oxidation sites excluding steroid dienone is 3. The zero-order valence-corrected chi connectivity index (χ0v) is 33.6. The second kappa shape index (κ2) is 12.8. The van der Waals surface area contributed by atoms with Crippen LogP contribution in [0.5, 0.6) is 0 Å². The van der Waals surface area contributed by atoms with Crippen LogP contribution in [0.1, 0.15) is 115 Å². The quantitative estimate of drug-likeness (QED) is 0.271. The van der Waals surface area contributed by atoms with Crippen LogP contribution in [-0.4, -0.2) is 80.6 Å². The Morgan fingerprint density at radius 3 is 2.25 bits per heavy atom. The molecule has 6 nitrogen and oxygen atoms in total. The third-order valence-electron chi connectivity index (χ3n) is 17.1. The van der Waals surface area contributed by atoms with E-state index in [-0.39, 0.29) is 10.8 Å². The van der Waals surface area contributed by atoms with E-state index >= 15 is 0 Å².